The van der Waals surface area contributed by atoms with E-state index in [0.717, 1.165) is 14.8 Å². The van der Waals surface area contributed by atoms with E-state index in [-0.39, 0.29) is 12.0 Å². The van der Waals surface area contributed by atoms with Crippen molar-refractivity contribution in [1.29, 1.82) is 0 Å². The first-order chi connectivity index (χ1) is 11.4. The molecule has 7 nitrogen and oxygen atoms in total. The molecule has 0 fully saturated rings. The molecule has 0 aromatic heterocycles. The summed E-state index contributed by atoms with van der Waals surface area (Å²) >= 11 is 2.21. The number of anilines is 2. The van der Waals surface area contributed by atoms with Crippen LogP contribution < -0.4 is 22.1 Å². The molecule has 0 atom stereocenters. The van der Waals surface area contributed by atoms with Crippen molar-refractivity contribution in [2.24, 2.45) is 21.7 Å². The topological polar surface area (TPSA) is 118 Å². The van der Waals surface area contributed by atoms with Crippen LogP contribution in [0.2, 0.25) is 0 Å². The lowest BCUT2D eigenvalue weighted by Gasteiger charge is -2.08. The van der Waals surface area contributed by atoms with Crippen molar-refractivity contribution >= 4 is 51.7 Å². The predicted octanol–water partition coefficient (Wildman–Crippen LogP) is 2.93. The molecule has 0 saturated carbocycles. The van der Waals surface area contributed by atoms with E-state index in [9.17, 15) is 4.79 Å². The van der Waals surface area contributed by atoms with Gasteiger partial charge in [0.25, 0.3) is 0 Å². The van der Waals surface area contributed by atoms with Crippen LogP contribution in [-0.4, -0.2) is 17.7 Å². The van der Waals surface area contributed by atoms with E-state index in [1.807, 2.05) is 36.4 Å². The van der Waals surface area contributed by atoms with E-state index in [1.165, 1.54) is 0 Å². The third-order valence-corrected chi connectivity index (χ3v) is 3.70. The molecule has 2 aromatic carbocycles. The normalized spacial score (nSPS) is 10.8. The van der Waals surface area contributed by atoms with Crippen molar-refractivity contribution in [2.45, 2.75) is 6.92 Å². The number of hydrogen-bond donors (Lipinski definition) is 4. The fourth-order valence-electron chi connectivity index (χ4n) is 1.81. The molecule has 124 valence electrons. The van der Waals surface area contributed by atoms with E-state index in [1.54, 1.807) is 19.1 Å². The highest BCUT2D eigenvalue weighted by Gasteiger charge is 2.04. The molecule has 0 spiro atoms. The van der Waals surface area contributed by atoms with Crippen molar-refractivity contribution < 1.29 is 4.79 Å². The Morgan fingerprint density at radius 2 is 1.42 bits per heavy atom. The Morgan fingerprint density at radius 1 is 0.917 bits per heavy atom. The fraction of sp³-hybridized carbons (Fsp3) is 0.0625. The van der Waals surface area contributed by atoms with E-state index >= 15 is 0 Å². The lowest BCUT2D eigenvalue weighted by atomic mass is 10.1. The van der Waals surface area contributed by atoms with Crippen LogP contribution in [0.4, 0.5) is 16.2 Å². The maximum atomic E-state index is 12.0. The minimum absolute atomic E-state index is 0.0973. The van der Waals surface area contributed by atoms with Crippen molar-refractivity contribution in [3.05, 3.63) is 57.7 Å². The monoisotopic (exact) mass is 436 g/mol. The summed E-state index contributed by atoms with van der Waals surface area (Å²) in [6, 6.07) is 14.4. The van der Waals surface area contributed by atoms with Crippen LogP contribution in [-0.2, 0) is 0 Å². The summed E-state index contributed by atoms with van der Waals surface area (Å²) in [4.78, 5) is 12.0. The Hall–Kier alpha value is -2.62. The zero-order valence-corrected chi connectivity index (χ0v) is 15.1. The van der Waals surface area contributed by atoms with Gasteiger partial charge in [-0.15, -0.1) is 5.10 Å². The molecular weight excluding hydrogens is 419 g/mol. The molecule has 2 aromatic rings. The minimum atomic E-state index is -0.310. The number of carbonyl (C=O) groups is 1. The highest BCUT2D eigenvalue weighted by atomic mass is 127. The van der Waals surface area contributed by atoms with E-state index in [4.69, 9.17) is 11.5 Å². The van der Waals surface area contributed by atoms with Gasteiger partial charge in [0, 0.05) is 14.9 Å². The molecular formula is C16H17IN6O. The van der Waals surface area contributed by atoms with E-state index in [0.29, 0.717) is 11.4 Å². The van der Waals surface area contributed by atoms with Gasteiger partial charge in [0.2, 0.25) is 5.96 Å². The first-order valence-corrected chi connectivity index (χ1v) is 8.09. The number of rotatable bonds is 4. The lowest BCUT2D eigenvalue weighted by Crippen LogP contribution is -2.22. The van der Waals surface area contributed by atoms with Crippen LogP contribution in [0.1, 0.15) is 12.5 Å². The van der Waals surface area contributed by atoms with Gasteiger partial charge in [0.1, 0.15) is 0 Å². The molecule has 2 rings (SSSR count). The number of amides is 2. The maximum absolute atomic E-state index is 12.0. The number of benzene rings is 2. The highest BCUT2D eigenvalue weighted by molar-refractivity contribution is 14.1. The van der Waals surface area contributed by atoms with Crippen LogP contribution in [0.5, 0.6) is 0 Å². The Labute approximate surface area is 153 Å². The van der Waals surface area contributed by atoms with Gasteiger partial charge in [-0.2, -0.15) is 5.10 Å². The zero-order valence-electron chi connectivity index (χ0n) is 13.0. The molecule has 24 heavy (non-hydrogen) atoms. The molecule has 0 aliphatic carbocycles. The number of nitrogens with one attached hydrogen (secondary N) is 2. The zero-order chi connectivity index (χ0) is 17.5. The van der Waals surface area contributed by atoms with Crippen LogP contribution in [0.25, 0.3) is 0 Å². The molecule has 0 bridgehead atoms. The second-order valence-corrected chi connectivity index (χ2v) is 6.12. The summed E-state index contributed by atoms with van der Waals surface area (Å²) in [7, 11) is 0. The summed E-state index contributed by atoms with van der Waals surface area (Å²) in [6.45, 7) is 1.79. The van der Waals surface area contributed by atoms with Crippen molar-refractivity contribution in [2.75, 3.05) is 10.6 Å². The summed E-state index contributed by atoms with van der Waals surface area (Å²) in [5.74, 6) is -0.0973. The summed E-state index contributed by atoms with van der Waals surface area (Å²) in [5.41, 5.74) is 13.4. The molecule has 8 heteroatoms. The number of guanidine groups is 1. The summed E-state index contributed by atoms with van der Waals surface area (Å²) < 4.78 is 1.10. The average molecular weight is 436 g/mol. The van der Waals surface area contributed by atoms with Gasteiger partial charge >= 0.3 is 6.03 Å². The molecule has 6 N–H and O–H groups in total. The number of hydrogen-bond acceptors (Lipinski definition) is 3. The molecule has 0 aliphatic heterocycles. The third kappa shape index (κ3) is 5.54. The summed E-state index contributed by atoms with van der Waals surface area (Å²) in [5, 5.41) is 13.0. The first kappa shape index (κ1) is 17.7. The van der Waals surface area contributed by atoms with E-state index in [2.05, 4.69) is 43.4 Å². The molecule has 0 heterocycles. The highest BCUT2D eigenvalue weighted by Crippen LogP contribution is 2.13. The Bertz CT molecular complexity index is 764. The van der Waals surface area contributed by atoms with Crippen molar-refractivity contribution in [1.82, 2.24) is 0 Å². The molecule has 0 saturated heterocycles. The van der Waals surface area contributed by atoms with Gasteiger partial charge in [-0.25, -0.2) is 4.79 Å². The molecule has 2 amide bonds. The third-order valence-electron chi connectivity index (χ3n) is 2.98. The van der Waals surface area contributed by atoms with Crippen LogP contribution in [0.3, 0.4) is 0 Å². The van der Waals surface area contributed by atoms with Gasteiger partial charge in [0.15, 0.2) is 0 Å². The lowest BCUT2D eigenvalue weighted by molar-refractivity contribution is 0.262. The Morgan fingerprint density at radius 3 is 1.92 bits per heavy atom. The van der Waals surface area contributed by atoms with E-state index < -0.39 is 0 Å². The largest absolute Gasteiger partial charge is 0.369 e. The first-order valence-electron chi connectivity index (χ1n) is 7.01. The van der Waals surface area contributed by atoms with Gasteiger partial charge < -0.3 is 22.1 Å². The number of halogens is 1. The van der Waals surface area contributed by atoms with Crippen LogP contribution >= 0.6 is 22.6 Å². The second kappa shape index (κ2) is 8.29. The quantitative estimate of drug-likeness (QED) is 0.256. The van der Waals surface area contributed by atoms with Crippen molar-refractivity contribution in [3.8, 4) is 0 Å². The molecule has 0 radical (unpaired) electrons. The Kier molecular flexibility index (Phi) is 6.13. The van der Waals surface area contributed by atoms with Gasteiger partial charge in [-0.3, -0.25) is 0 Å². The molecule has 0 unspecified atom stereocenters. The van der Waals surface area contributed by atoms with Gasteiger partial charge in [0.05, 0.1) is 5.71 Å². The van der Waals surface area contributed by atoms with Gasteiger partial charge in [-0.05, 0) is 71.5 Å². The number of urea groups is 1. The standard InChI is InChI=1S/C16H17IN6O/c1-10(22-23-15(18)19)11-2-6-13(7-3-11)20-16(24)21-14-8-4-12(17)5-9-14/h2-9H,1H3,(H4,18,19,23)(H2,20,21,24). The number of nitrogens with two attached hydrogens (primary N) is 2. The SMILES string of the molecule is CC(=NN=C(N)N)c1ccc(NC(=O)Nc2ccc(I)cc2)cc1. The molecule has 0 aliphatic rings. The minimum Gasteiger partial charge on any atom is -0.369 e. The van der Waals surface area contributed by atoms with Crippen LogP contribution in [0.15, 0.2) is 58.7 Å². The fourth-order valence-corrected chi connectivity index (χ4v) is 2.17. The van der Waals surface area contributed by atoms with Crippen molar-refractivity contribution in [3.63, 3.8) is 0 Å². The Balaban J connectivity index is 1.98. The number of nitrogens with zero attached hydrogens (tertiary/aromatic N) is 2. The smallest absolute Gasteiger partial charge is 0.323 e. The predicted molar refractivity (Wildman–Crippen MR) is 106 cm³/mol. The second-order valence-electron chi connectivity index (χ2n) is 4.87. The maximum Gasteiger partial charge on any atom is 0.323 e. The number of carbonyl (C=O) groups excluding carboxylic acids is 1. The summed E-state index contributed by atoms with van der Waals surface area (Å²) in [6.07, 6.45) is 0. The van der Waals surface area contributed by atoms with Crippen LogP contribution in [0, 0.1) is 3.57 Å². The van der Waals surface area contributed by atoms with Gasteiger partial charge in [-0.1, -0.05) is 12.1 Å². The average Bonchev–Trinajstić information content (AvgIpc) is 2.55.